The minimum Gasteiger partial charge on any atom is -0.507 e. The Hall–Kier alpha value is -2.09. The highest BCUT2D eigenvalue weighted by Gasteiger charge is 2.01. The van der Waals surface area contributed by atoms with E-state index in [0.717, 1.165) is 27.9 Å². The second kappa shape index (κ2) is 5.05. The summed E-state index contributed by atoms with van der Waals surface area (Å²) in [7, 11) is 0. The van der Waals surface area contributed by atoms with Gasteiger partial charge in [-0.25, -0.2) is 0 Å². The molecule has 0 aliphatic carbocycles. The monoisotopic (exact) mass is 239 g/mol. The maximum absolute atomic E-state index is 9.76. The van der Waals surface area contributed by atoms with Crippen molar-refractivity contribution in [2.75, 3.05) is 0 Å². The molecule has 0 atom stereocenters. The van der Waals surface area contributed by atoms with Crippen molar-refractivity contribution in [3.63, 3.8) is 0 Å². The number of rotatable bonds is 2. The molecule has 0 fully saturated rings. The Morgan fingerprint density at radius 3 is 2.33 bits per heavy atom. The molecule has 0 aromatic heterocycles. The van der Waals surface area contributed by atoms with Gasteiger partial charge in [-0.1, -0.05) is 29.8 Å². The van der Waals surface area contributed by atoms with Crippen molar-refractivity contribution >= 4 is 11.9 Å². The Labute approximate surface area is 108 Å². The molecule has 92 valence electrons. The highest BCUT2D eigenvalue weighted by Crippen LogP contribution is 2.24. The number of phenolic OH excluding ortho intramolecular Hbond substituents is 1. The second-order valence-electron chi connectivity index (χ2n) is 4.56. The zero-order valence-corrected chi connectivity index (χ0v) is 10.9. The van der Waals surface area contributed by atoms with Gasteiger partial charge < -0.3 is 5.11 Å². The summed E-state index contributed by atoms with van der Waals surface area (Å²) in [6.45, 7) is 6.07. The summed E-state index contributed by atoms with van der Waals surface area (Å²) in [5.41, 5.74) is 5.10. The van der Waals surface area contributed by atoms with Gasteiger partial charge in [-0.3, -0.25) is 4.99 Å². The minimum atomic E-state index is 0.260. The first-order valence-corrected chi connectivity index (χ1v) is 5.98. The Morgan fingerprint density at radius 1 is 1.00 bits per heavy atom. The number of benzene rings is 2. The van der Waals surface area contributed by atoms with Gasteiger partial charge in [-0.2, -0.15) is 0 Å². The minimum absolute atomic E-state index is 0.260. The smallest absolute Gasteiger partial charge is 0.124 e. The lowest BCUT2D eigenvalue weighted by Gasteiger charge is -2.04. The molecule has 2 nitrogen and oxygen atoms in total. The number of aryl methyl sites for hydroxylation is 3. The summed E-state index contributed by atoms with van der Waals surface area (Å²) in [6.07, 6.45) is 1.72. The van der Waals surface area contributed by atoms with E-state index in [1.165, 1.54) is 0 Å². The number of hydrogen-bond donors (Lipinski definition) is 1. The lowest BCUT2D eigenvalue weighted by atomic mass is 10.1. The van der Waals surface area contributed by atoms with E-state index in [1.807, 2.05) is 51.1 Å². The van der Waals surface area contributed by atoms with Crippen molar-refractivity contribution in [1.29, 1.82) is 0 Å². The lowest BCUT2D eigenvalue weighted by molar-refractivity contribution is 0.474. The molecule has 0 radical (unpaired) electrons. The number of hydrogen-bond acceptors (Lipinski definition) is 2. The second-order valence-corrected chi connectivity index (χ2v) is 4.56. The van der Waals surface area contributed by atoms with Crippen LogP contribution in [0.5, 0.6) is 5.75 Å². The highest BCUT2D eigenvalue weighted by molar-refractivity contribution is 5.86. The average Bonchev–Trinajstić information content (AvgIpc) is 2.33. The molecule has 0 saturated heterocycles. The third-order valence-corrected chi connectivity index (χ3v) is 2.96. The first-order valence-electron chi connectivity index (χ1n) is 5.98. The summed E-state index contributed by atoms with van der Waals surface area (Å²) in [5, 5.41) is 9.76. The van der Waals surface area contributed by atoms with E-state index in [0.29, 0.717) is 0 Å². The van der Waals surface area contributed by atoms with Gasteiger partial charge in [0.25, 0.3) is 0 Å². The molecule has 0 unspecified atom stereocenters. The maximum atomic E-state index is 9.76. The van der Waals surface area contributed by atoms with Crippen LogP contribution in [0.2, 0.25) is 0 Å². The van der Waals surface area contributed by atoms with Crippen LogP contribution >= 0.6 is 0 Å². The van der Waals surface area contributed by atoms with Crippen molar-refractivity contribution in [1.82, 2.24) is 0 Å². The van der Waals surface area contributed by atoms with Crippen molar-refractivity contribution < 1.29 is 5.11 Å². The molecule has 0 saturated carbocycles. The highest BCUT2D eigenvalue weighted by atomic mass is 16.3. The third-order valence-electron chi connectivity index (χ3n) is 2.96. The van der Waals surface area contributed by atoms with E-state index < -0.39 is 0 Å². The SMILES string of the molecule is Cc1ccc(O)c(/C=N/c2c(C)cccc2C)c1. The molecule has 0 aliphatic heterocycles. The average molecular weight is 239 g/mol. The van der Waals surface area contributed by atoms with Crippen molar-refractivity contribution in [2.24, 2.45) is 4.99 Å². The standard InChI is InChI=1S/C16H17NO/c1-11-7-8-15(18)14(9-11)10-17-16-12(2)5-4-6-13(16)3/h4-10,18H,1-3H3/b17-10+. The summed E-state index contributed by atoms with van der Waals surface area (Å²) in [5.74, 6) is 0.260. The van der Waals surface area contributed by atoms with Gasteiger partial charge >= 0.3 is 0 Å². The van der Waals surface area contributed by atoms with Crippen LogP contribution in [0.4, 0.5) is 5.69 Å². The van der Waals surface area contributed by atoms with Gasteiger partial charge in [0.1, 0.15) is 5.75 Å². The van der Waals surface area contributed by atoms with E-state index in [-0.39, 0.29) is 5.75 Å². The predicted octanol–water partition coefficient (Wildman–Crippen LogP) is 4.07. The molecule has 0 amide bonds. The van der Waals surface area contributed by atoms with Gasteiger partial charge in [0.05, 0.1) is 5.69 Å². The van der Waals surface area contributed by atoms with Crippen LogP contribution in [-0.4, -0.2) is 11.3 Å². The van der Waals surface area contributed by atoms with E-state index in [9.17, 15) is 5.11 Å². The zero-order valence-electron chi connectivity index (χ0n) is 10.9. The van der Waals surface area contributed by atoms with Gasteiger partial charge in [0.2, 0.25) is 0 Å². The van der Waals surface area contributed by atoms with Gasteiger partial charge in [-0.15, -0.1) is 0 Å². The summed E-state index contributed by atoms with van der Waals surface area (Å²) >= 11 is 0. The molecule has 2 aromatic carbocycles. The fourth-order valence-electron chi connectivity index (χ4n) is 1.92. The topological polar surface area (TPSA) is 32.6 Å². The Balaban J connectivity index is 2.39. The Bertz CT molecular complexity index is 580. The van der Waals surface area contributed by atoms with E-state index in [2.05, 4.69) is 4.99 Å². The lowest BCUT2D eigenvalue weighted by Crippen LogP contribution is -1.86. The van der Waals surface area contributed by atoms with Crippen LogP contribution in [0.1, 0.15) is 22.3 Å². The molecule has 0 heterocycles. The van der Waals surface area contributed by atoms with Crippen LogP contribution in [0.15, 0.2) is 41.4 Å². The number of aliphatic imine (C=N–C) groups is 1. The summed E-state index contributed by atoms with van der Waals surface area (Å²) < 4.78 is 0. The van der Waals surface area contributed by atoms with Crippen LogP contribution in [0.25, 0.3) is 0 Å². The number of nitrogens with zero attached hydrogens (tertiary/aromatic N) is 1. The van der Waals surface area contributed by atoms with Gasteiger partial charge in [-0.05, 0) is 44.0 Å². The fraction of sp³-hybridized carbons (Fsp3) is 0.188. The Morgan fingerprint density at radius 2 is 1.67 bits per heavy atom. The van der Waals surface area contributed by atoms with Crippen LogP contribution < -0.4 is 0 Å². The van der Waals surface area contributed by atoms with Gasteiger partial charge in [0, 0.05) is 11.8 Å². The molecule has 0 bridgehead atoms. The maximum Gasteiger partial charge on any atom is 0.124 e. The van der Waals surface area contributed by atoms with E-state index in [4.69, 9.17) is 0 Å². The van der Waals surface area contributed by atoms with Crippen molar-refractivity contribution in [2.45, 2.75) is 20.8 Å². The number of aromatic hydroxyl groups is 1. The van der Waals surface area contributed by atoms with Crippen LogP contribution in [-0.2, 0) is 0 Å². The molecular formula is C16H17NO. The van der Waals surface area contributed by atoms with Gasteiger partial charge in [0.15, 0.2) is 0 Å². The Kier molecular flexibility index (Phi) is 3.47. The van der Waals surface area contributed by atoms with Crippen molar-refractivity contribution in [3.8, 4) is 5.75 Å². The molecule has 18 heavy (non-hydrogen) atoms. The zero-order chi connectivity index (χ0) is 13.1. The summed E-state index contributed by atoms with van der Waals surface area (Å²) in [6, 6.07) is 11.6. The third kappa shape index (κ3) is 2.59. The molecule has 2 heteroatoms. The predicted molar refractivity (Wildman–Crippen MR) is 76.0 cm³/mol. The normalized spacial score (nSPS) is 11.1. The molecule has 2 aromatic rings. The molecule has 0 spiro atoms. The molecule has 1 N–H and O–H groups in total. The van der Waals surface area contributed by atoms with Crippen LogP contribution in [0, 0.1) is 20.8 Å². The van der Waals surface area contributed by atoms with E-state index in [1.54, 1.807) is 12.3 Å². The van der Waals surface area contributed by atoms with Crippen molar-refractivity contribution in [3.05, 3.63) is 58.7 Å². The molecular weight excluding hydrogens is 222 g/mol. The quantitative estimate of drug-likeness (QED) is 0.787. The summed E-state index contributed by atoms with van der Waals surface area (Å²) in [4.78, 5) is 4.49. The molecule has 2 rings (SSSR count). The fourth-order valence-corrected chi connectivity index (χ4v) is 1.92. The first-order chi connectivity index (χ1) is 8.58. The largest absolute Gasteiger partial charge is 0.507 e. The number of para-hydroxylation sites is 1. The van der Waals surface area contributed by atoms with Crippen LogP contribution in [0.3, 0.4) is 0 Å². The number of phenols is 1. The molecule has 0 aliphatic rings. The first kappa shape index (κ1) is 12.4. The van der Waals surface area contributed by atoms with E-state index >= 15 is 0 Å².